The fourth-order valence-corrected chi connectivity index (χ4v) is 1.19. The van der Waals surface area contributed by atoms with Gasteiger partial charge in [-0.25, -0.2) is 5.84 Å². The zero-order chi connectivity index (χ0) is 12.1. The Balaban J connectivity index is 2.91. The smallest absolute Gasteiger partial charge is 0.119 e. The Hall–Kier alpha value is -1.68. The minimum atomic E-state index is 0.212. The zero-order valence-electron chi connectivity index (χ0n) is 9.97. The maximum atomic E-state index is 5.94. The number of methoxy groups -OCH3 is 1. The highest BCUT2D eigenvalue weighted by atomic mass is 16.5. The van der Waals surface area contributed by atoms with Crippen LogP contribution in [0.1, 0.15) is 19.4 Å². The van der Waals surface area contributed by atoms with E-state index >= 15 is 0 Å². The first-order valence-corrected chi connectivity index (χ1v) is 5.19. The van der Waals surface area contributed by atoms with Crippen molar-refractivity contribution in [1.29, 1.82) is 0 Å². The molecule has 88 valence electrons. The highest BCUT2D eigenvalue weighted by Gasteiger charge is 2.03. The predicted octanol–water partition coefficient (Wildman–Crippen LogP) is 1.54. The number of nitrogens with two attached hydrogens (primary N) is 2. The summed E-state index contributed by atoms with van der Waals surface area (Å²) in [6.07, 6.45) is 1.72. The van der Waals surface area contributed by atoms with Gasteiger partial charge in [0, 0.05) is 17.8 Å². The fraction of sp³-hybridized carbons (Fsp3) is 0.333. The summed E-state index contributed by atoms with van der Waals surface area (Å²) in [5.74, 6) is 6.55. The molecule has 0 aromatic heterocycles. The summed E-state index contributed by atoms with van der Waals surface area (Å²) in [5.41, 5.74) is 7.46. The van der Waals surface area contributed by atoms with Gasteiger partial charge in [0.2, 0.25) is 0 Å². The number of hydrazine groups is 1. The van der Waals surface area contributed by atoms with Crippen molar-refractivity contribution < 1.29 is 4.74 Å². The molecule has 1 aromatic carbocycles. The van der Waals surface area contributed by atoms with Gasteiger partial charge in [-0.3, -0.25) is 0 Å². The van der Waals surface area contributed by atoms with Gasteiger partial charge >= 0.3 is 0 Å². The van der Waals surface area contributed by atoms with Crippen molar-refractivity contribution in [3.8, 4) is 5.75 Å². The van der Waals surface area contributed by atoms with Gasteiger partial charge < -0.3 is 15.5 Å². The Labute approximate surface area is 96.5 Å². The summed E-state index contributed by atoms with van der Waals surface area (Å²) in [5, 5.41) is 1.58. The first-order chi connectivity index (χ1) is 7.54. The molecule has 0 fully saturated rings. The van der Waals surface area contributed by atoms with E-state index in [-0.39, 0.29) is 6.04 Å². The van der Waals surface area contributed by atoms with Crippen molar-refractivity contribution in [3.63, 3.8) is 0 Å². The fourth-order valence-electron chi connectivity index (χ4n) is 1.19. The first kappa shape index (κ1) is 12.4. The van der Waals surface area contributed by atoms with E-state index in [2.05, 4.69) is 0 Å². The molecule has 0 saturated carbocycles. The van der Waals surface area contributed by atoms with Crippen molar-refractivity contribution in [2.75, 3.05) is 7.11 Å². The Bertz CT molecular complexity index is 374. The van der Waals surface area contributed by atoms with Gasteiger partial charge in [-0.2, -0.15) is 0 Å². The quantitative estimate of drug-likeness (QED) is 0.598. The molecule has 1 rings (SSSR count). The summed E-state index contributed by atoms with van der Waals surface area (Å²) >= 11 is 0. The molecule has 0 aliphatic carbocycles. The van der Waals surface area contributed by atoms with E-state index in [0.29, 0.717) is 5.70 Å². The third kappa shape index (κ3) is 3.17. The van der Waals surface area contributed by atoms with Crippen LogP contribution in [0.4, 0.5) is 0 Å². The lowest BCUT2D eigenvalue weighted by Crippen LogP contribution is -2.32. The molecule has 0 radical (unpaired) electrons. The average molecular weight is 221 g/mol. The second-order valence-electron chi connectivity index (χ2n) is 3.86. The molecule has 1 aromatic rings. The second-order valence-corrected chi connectivity index (χ2v) is 3.86. The molecule has 0 amide bonds. The van der Waals surface area contributed by atoms with E-state index < -0.39 is 0 Å². The van der Waals surface area contributed by atoms with Crippen LogP contribution in [0.3, 0.4) is 0 Å². The Kier molecular flexibility index (Phi) is 4.19. The lowest BCUT2D eigenvalue weighted by Gasteiger charge is -2.19. The molecule has 0 heterocycles. The van der Waals surface area contributed by atoms with Gasteiger partial charge in [-0.05, 0) is 26.0 Å². The van der Waals surface area contributed by atoms with Crippen LogP contribution in [0, 0.1) is 0 Å². The van der Waals surface area contributed by atoms with E-state index in [9.17, 15) is 0 Å². The van der Waals surface area contributed by atoms with Crippen LogP contribution >= 0.6 is 0 Å². The van der Waals surface area contributed by atoms with E-state index in [1.54, 1.807) is 18.3 Å². The van der Waals surface area contributed by atoms with E-state index in [1.165, 1.54) is 0 Å². The summed E-state index contributed by atoms with van der Waals surface area (Å²) in [6, 6.07) is 7.77. The topological polar surface area (TPSA) is 64.5 Å². The van der Waals surface area contributed by atoms with Crippen LogP contribution in [0.5, 0.6) is 5.75 Å². The van der Waals surface area contributed by atoms with Crippen LogP contribution in [0.25, 0.3) is 5.70 Å². The molecular formula is C12H19N3O. The van der Waals surface area contributed by atoms with Crippen LogP contribution in [0.15, 0.2) is 30.5 Å². The van der Waals surface area contributed by atoms with Crippen LogP contribution in [-0.4, -0.2) is 18.2 Å². The first-order valence-electron chi connectivity index (χ1n) is 5.19. The van der Waals surface area contributed by atoms with E-state index in [1.807, 2.05) is 38.1 Å². The lowest BCUT2D eigenvalue weighted by atomic mass is 10.1. The molecular weight excluding hydrogens is 202 g/mol. The minimum absolute atomic E-state index is 0.212. The average Bonchev–Trinajstić information content (AvgIpc) is 2.28. The summed E-state index contributed by atoms with van der Waals surface area (Å²) in [7, 11) is 1.63. The second kappa shape index (κ2) is 5.42. The predicted molar refractivity (Wildman–Crippen MR) is 66.3 cm³/mol. The van der Waals surface area contributed by atoms with Crippen molar-refractivity contribution in [1.82, 2.24) is 5.01 Å². The highest BCUT2D eigenvalue weighted by molar-refractivity contribution is 5.63. The highest BCUT2D eigenvalue weighted by Crippen LogP contribution is 2.17. The maximum Gasteiger partial charge on any atom is 0.119 e. The number of hydrogen-bond donors (Lipinski definition) is 2. The molecule has 0 bridgehead atoms. The molecule has 0 aliphatic heterocycles. The largest absolute Gasteiger partial charge is 0.497 e. The maximum absolute atomic E-state index is 5.94. The summed E-state index contributed by atoms with van der Waals surface area (Å²) in [4.78, 5) is 0. The van der Waals surface area contributed by atoms with E-state index in [4.69, 9.17) is 16.3 Å². The monoisotopic (exact) mass is 221 g/mol. The number of ether oxygens (including phenoxy) is 1. The molecule has 0 aliphatic rings. The molecule has 0 atom stereocenters. The van der Waals surface area contributed by atoms with Crippen molar-refractivity contribution in [2.24, 2.45) is 11.6 Å². The standard InChI is InChI=1S/C12H19N3O/c1-9(2)15(14)8-12(13)10-5-4-6-11(7-10)16-3/h4-9H,13-14H2,1-3H3/b12-8-. The molecule has 0 spiro atoms. The van der Waals surface area contributed by atoms with Gasteiger partial charge in [0.05, 0.1) is 12.8 Å². The van der Waals surface area contributed by atoms with Gasteiger partial charge in [0.1, 0.15) is 5.75 Å². The minimum Gasteiger partial charge on any atom is -0.497 e. The molecule has 4 N–H and O–H groups in total. The normalized spacial score (nSPS) is 11.7. The van der Waals surface area contributed by atoms with Crippen molar-refractivity contribution >= 4 is 5.70 Å². The SMILES string of the molecule is COc1cccc(/C(N)=C/N(N)C(C)C)c1. The summed E-state index contributed by atoms with van der Waals surface area (Å²) in [6.45, 7) is 3.99. The van der Waals surface area contributed by atoms with Crippen molar-refractivity contribution in [3.05, 3.63) is 36.0 Å². The Morgan fingerprint density at radius 1 is 1.44 bits per heavy atom. The van der Waals surface area contributed by atoms with Gasteiger partial charge in [0.15, 0.2) is 0 Å². The number of benzene rings is 1. The van der Waals surface area contributed by atoms with Gasteiger partial charge in [-0.1, -0.05) is 12.1 Å². The lowest BCUT2D eigenvalue weighted by molar-refractivity contribution is 0.324. The third-order valence-electron chi connectivity index (χ3n) is 2.29. The third-order valence-corrected chi connectivity index (χ3v) is 2.29. The molecule has 4 nitrogen and oxygen atoms in total. The molecule has 0 unspecified atom stereocenters. The van der Waals surface area contributed by atoms with Gasteiger partial charge in [0.25, 0.3) is 0 Å². The Morgan fingerprint density at radius 3 is 2.69 bits per heavy atom. The van der Waals surface area contributed by atoms with Crippen LogP contribution in [-0.2, 0) is 0 Å². The zero-order valence-corrected chi connectivity index (χ0v) is 9.97. The molecule has 4 heteroatoms. The molecule has 16 heavy (non-hydrogen) atoms. The number of hydrogen-bond acceptors (Lipinski definition) is 4. The molecule has 0 saturated heterocycles. The number of nitrogens with zero attached hydrogens (tertiary/aromatic N) is 1. The van der Waals surface area contributed by atoms with Crippen LogP contribution in [0.2, 0.25) is 0 Å². The number of rotatable bonds is 4. The van der Waals surface area contributed by atoms with Crippen LogP contribution < -0.4 is 16.3 Å². The van der Waals surface area contributed by atoms with E-state index in [0.717, 1.165) is 11.3 Å². The Morgan fingerprint density at radius 2 is 2.12 bits per heavy atom. The van der Waals surface area contributed by atoms with Crippen molar-refractivity contribution in [2.45, 2.75) is 19.9 Å². The summed E-state index contributed by atoms with van der Waals surface area (Å²) < 4.78 is 5.13. The van der Waals surface area contributed by atoms with Gasteiger partial charge in [-0.15, -0.1) is 0 Å².